The molecule has 0 saturated heterocycles. The number of aliphatic imine (C=N–C) groups is 1. The van der Waals surface area contributed by atoms with Gasteiger partial charge in [0.15, 0.2) is 17.5 Å². The molecule has 0 aliphatic heterocycles. The van der Waals surface area contributed by atoms with Crippen LogP contribution in [0.4, 0.5) is 17.5 Å². The van der Waals surface area contributed by atoms with Gasteiger partial charge in [0.1, 0.15) is 0 Å². The Kier molecular flexibility index (Phi) is 5.23. The summed E-state index contributed by atoms with van der Waals surface area (Å²) in [7, 11) is 1.66. The molecule has 0 amide bonds. The molecule has 3 rings (SSSR count). The van der Waals surface area contributed by atoms with Crippen LogP contribution in [0.25, 0.3) is 10.9 Å². The molecule has 6 N–H and O–H groups in total. The summed E-state index contributed by atoms with van der Waals surface area (Å²) in [5.41, 5.74) is 14.1. The van der Waals surface area contributed by atoms with Crippen molar-refractivity contribution < 1.29 is 0 Å². The second-order valence-electron chi connectivity index (χ2n) is 5.51. The van der Waals surface area contributed by atoms with Gasteiger partial charge in [0.2, 0.25) is 0 Å². The van der Waals surface area contributed by atoms with Gasteiger partial charge in [0, 0.05) is 37.6 Å². The second-order valence-corrected chi connectivity index (χ2v) is 5.51. The van der Waals surface area contributed by atoms with E-state index in [2.05, 4.69) is 36.6 Å². The molecule has 0 aliphatic carbocycles. The lowest BCUT2D eigenvalue weighted by atomic mass is 10.1. The van der Waals surface area contributed by atoms with Gasteiger partial charge in [0.05, 0.1) is 17.4 Å². The van der Waals surface area contributed by atoms with E-state index in [0.717, 1.165) is 16.5 Å². The van der Waals surface area contributed by atoms with Crippen molar-refractivity contribution in [3.63, 3.8) is 0 Å². The molecule has 8 nitrogen and oxygen atoms in total. The number of aromatic nitrogens is 3. The number of rotatable bonds is 6. The highest BCUT2D eigenvalue weighted by Crippen LogP contribution is 2.18. The van der Waals surface area contributed by atoms with E-state index in [9.17, 15) is 0 Å². The molecule has 2 aromatic heterocycles. The molecule has 8 heteroatoms. The lowest BCUT2D eigenvalue weighted by Gasteiger charge is -2.11. The van der Waals surface area contributed by atoms with Gasteiger partial charge in [-0.3, -0.25) is 9.98 Å². The Morgan fingerprint density at radius 3 is 2.96 bits per heavy atom. The van der Waals surface area contributed by atoms with Crippen LogP contribution in [0, 0.1) is 0 Å². The smallest absolute Gasteiger partial charge is 0.171 e. The van der Waals surface area contributed by atoms with E-state index in [1.807, 2.05) is 24.3 Å². The monoisotopic (exact) mass is 348 g/mol. The first kappa shape index (κ1) is 17.2. The molecule has 3 aromatic rings. The number of pyridine rings is 1. The molecule has 0 radical (unpaired) electrons. The highest BCUT2D eigenvalue weighted by molar-refractivity contribution is 5.82. The molecule has 0 unspecified atom stereocenters. The maximum Gasteiger partial charge on any atom is 0.171 e. The van der Waals surface area contributed by atoms with Crippen molar-refractivity contribution in [1.82, 2.24) is 15.0 Å². The summed E-state index contributed by atoms with van der Waals surface area (Å²) in [5.74, 6) is 1.33. The first-order valence-corrected chi connectivity index (χ1v) is 8.00. The summed E-state index contributed by atoms with van der Waals surface area (Å²) < 4.78 is 0. The Morgan fingerprint density at radius 2 is 2.15 bits per heavy atom. The van der Waals surface area contributed by atoms with Crippen LogP contribution in [0.3, 0.4) is 0 Å². The van der Waals surface area contributed by atoms with E-state index in [0.29, 0.717) is 29.7 Å². The second kappa shape index (κ2) is 7.93. The fourth-order valence-corrected chi connectivity index (χ4v) is 2.41. The van der Waals surface area contributed by atoms with Crippen molar-refractivity contribution in [2.75, 3.05) is 23.4 Å². The quantitative estimate of drug-likeness (QED) is 0.502. The van der Waals surface area contributed by atoms with Gasteiger partial charge in [-0.1, -0.05) is 12.1 Å². The van der Waals surface area contributed by atoms with Crippen molar-refractivity contribution in [3.05, 3.63) is 60.2 Å². The minimum atomic E-state index is 0.320. The highest BCUT2D eigenvalue weighted by atomic mass is 15.1. The Labute approximate surface area is 151 Å². The zero-order valence-corrected chi connectivity index (χ0v) is 14.3. The molecular formula is C18H20N8. The molecule has 26 heavy (non-hydrogen) atoms. The van der Waals surface area contributed by atoms with Crippen molar-refractivity contribution >= 4 is 34.6 Å². The van der Waals surface area contributed by atoms with Crippen molar-refractivity contribution in [1.29, 1.82) is 0 Å². The average Bonchev–Trinajstić information content (AvgIpc) is 2.67. The Bertz CT molecular complexity index is 964. The molecule has 0 bridgehead atoms. The van der Waals surface area contributed by atoms with Gasteiger partial charge >= 0.3 is 0 Å². The number of hydrogen-bond acceptors (Lipinski definition) is 8. The molecule has 0 atom stereocenters. The van der Waals surface area contributed by atoms with E-state index in [1.54, 1.807) is 19.5 Å². The number of nitrogens with one attached hydrogen (secondary N) is 2. The van der Waals surface area contributed by atoms with Crippen molar-refractivity contribution in [2.45, 2.75) is 6.54 Å². The molecule has 1 aromatic carbocycles. The maximum absolute atomic E-state index is 5.93. The van der Waals surface area contributed by atoms with Crippen LogP contribution >= 0.6 is 0 Å². The first-order chi connectivity index (χ1) is 12.7. The normalized spacial score (nSPS) is 11.8. The largest absolute Gasteiger partial charge is 0.403 e. The molecular weight excluding hydrogens is 328 g/mol. The van der Waals surface area contributed by atoms with Crippen LogP contribution in [-0.4, -0.2) is 28.2 Å². The molecule has 132 valence electrons. The van der Waals surface area contributed by atoms with Crippen molar-refractivity contribution in [2.24, 2.45) is 10.7 Å². The SMILES string of the molecule is CN=CC(=CN)Nc1cnc(N)c(NCc2ccc3ncccc3c2)n1. The maximum atomic E-state index is 5.93. The van der Waals surface area contributed by atoms with Gasteiger partial charge < -0.3 is 22.1 Å². The van der Waals surface area contributed by atoms with Crippen LogP contribution in [-0.2, 0) is 6.54 Å². The third kappa shape index (κ3) is 4.04. The molecule has 0 aliphatic rings. The van der Waals surface area contributed by atoms with Gasteiger partial charge in [-0.05, 0) is 23.8 Å². The molecule has 0 spiro atoms. The summed E-state index contributed by atoms with van der Waals surface area (Å²) in [6, 6.07) is 10.0. The average molecular weight is 348 g/mol. The third-order valence-electron chi connectivity index (χ3n) is 3.65. The van der Waals surface area contributed by atoms with E-state index in [-0.39, 0.29) is 0 Å². The Morgan fingerprint density at radius 1 is 1.27 bits per heavy atom. The van der Waals surface area contributed by atoms with Crippen molar-refractivity contribution in [3.8, 4) is 0 Å². The fourth-order valence-electron chi connectivity index (χ4n) is 2.41. The zero-order chi connectivity index (χ0) is 18.4. The highest BCUT2D eigenvalue weighted by Gasteiger charge is 2.06. The van der Waals surface area contributed by atoms with Gasteiger partial charge in [0.25, 0.3) is 0 Å². The number of nitrogens with two attached hydrogens (primary N) is 2. The summed E-state index contributed by atoms with van der Waals surface area (Å²) in [4.78, 5) is 16.8. The van der Waals surface area contributed by atoms with Gasteiger partial charge in [-0.2, -0.15) is 0 Å². The minimum Gasteiger partial charge on any atom is -0.403 e. The predicted octanol–water partition coefficient (Wildman–Crippen LogP) is 2.13. The van der Waals surface area contributed by atoms with Gasteiger partial charge in [-0.25, -0.2) is 9.97 Å². The topological polar surface area (TPSA) is 127 Å². The summed E-state index contributed by atoms with van der Waals surface area (Å²) in [5, 5.41) is 7.32. The van der Waals surface area contributed by atoms with E-state index >= 15 is 0 Å². The number of fused-ring (bicyclic) bond motifs is 1. The van der Waals surface area contributed by atoms with Gasteiger partial charge in [-0.15, -0.1) is 0 Å². The van der Waals surface area contributed by atoms with Crippen LogP contribution in [0.1, 0.15) is 5.56 Å². The standard InChI is InChI=1S/C18H20N8/c1-21-10-14(8-19)25-16-11-23-17(20)18(26-16)24-9-12-4-5-15-13(7-12)3-2-6-22-15/h2-8,10-11H,9,19H2,1H3,(H2,20,23)(H2,24,25,26). The molecule has 0 saturated carbocycles. The predicted molar refractivity (Wildman–Crippen MR) is 106 cm³/mol. The number of nitrogen functional groups attached to an aromatic ring is 1. The van der Waals surface area contributed by atoms with E-state index < -0.39 is 0 Å². The number of anilines is 3. The number of allylic oxidation sites excluding steroid dienone is 1. The fraction of sp³-hybridized carbons (Fsp3) is 0.111. The number of nitrogens with zero attached hydrogens (tertiary/aromatic N) is 4. The van der Waals surface area contributed by atoms with Crippen LogP contribution < -0.4 is 22.1 Å². The minimum absolute atomic E-state index is 0.320. The van der Waals surface area contributed by atoms with Crippen LogP contribution in [0.5, 0.6) is 0 Å². The summed E-state index contributed by atoms with van der Waals surface area (Å²) in [6.07, 6.45) is 6.31. The lowest BCUT2D eigenvalue weighted by Crippen LogP contribution is -2.10. The van der Waals surface area contributed by atoms with Crippen LogP contribution in [0.2, 0.25) is 0 Å². The zero-order valence-electron chi connectivity index (χ0n) is 14.3. The number of benzene rings is 1. The summed E-state index contributed by atoms with van der Waals surface area (Å²) >= 11 is 0. The first-order valence-electron chi connectivity index (χ1n) is 8.00. The number of hydrogen-bond donors (Lipinski definition) is 4. The Balaban J connectivity index is 1.75. The Hall–Kier alpha value is -3.68. The van der Waals surface area contributed by atoms with Crippen LogP contribution in [0.15, 0.2) is 59.6 Å². The van der Waals surface area contributed by atoms with E-state index in [4.69, 9.17) is 11.5 Å². The lowest BCUT2D eigenvalue weighted by molar-refractivity contribution is 1.09. The van der Waals surface area contributed by atoms with E-state index in [1.165, 1.54) is 12.4 Å². The summed E-state index contributed by atoms with van der Waals surface area (Å²) in [6.45, 7) is 0.559. The molecule has 2 heterocycles. The third-order valence-corrected chi connectivity index (χ3v) is 3.65. The molecule has 0 fully saturated rings.